The Bertz CT molecular complexity index is 667. The van der Waals surface area contributed by atoms with E-state index in [0.29, 0.717) is 15.8 Å². The lowest BCUT2D eigenvalue weighted by atomic mass is 9.93. The second kappa shape index (κ2) is 5.49. The summed E-state index contributed by atoms with van der Waals surface area (Å²) in [5.74, 6) is 0.504. The van der Waals surface area contributed by atoms with Crippen LogP contribution in [0, 0.1) is 0 Å². The molecule has 0 radical (unpaired) electrons. The molecule has 20 heavy (non-hydrogen) atoms. The quantitative estimate of drug-likeness (QED) is 0.885. The Morgan fingerprint density at radius 1 is 1.05 bits per heavy atom. The van der Waals surface area contributed by atoms with Crippen molar-refractivity contribution in [2.45, 2.75) is 12.2 Å². The molecule has 0 amide bonds. The van der Waals surface area contributed by atoms with Crippen molar-refractivity contribution in [2.75, 3.05) is 0 Å². The minimum absolute atomic E-state index is 0.428. The first-order valence-electron chi connectivity index (χ1n) is 6.22. The summed E-state index contributed by atoms with van der Waals surface area (Å²) >= 11 is 11.9. The van der Waals surface area contributed by atoms with Gasteiger partial charge in [0, 0.05) is 5.02 Å². The molecule has 0 saturated heterocycles. The van der Waals surface area contributed by atoms with E-state index in [-0.39, 0.29) is 0 Å². The third-order valence-corrected chi connectivity index (χ3v) is 3.78. The second-order valence-corrected chi connectivity index (χ2v) is 5.43. The maximum Gasteiger partial charge on any atom is 0.147 e. The number of fused-ring (bicyclic) bond motifs is 1. The lowest BCUT2D eigenvalue weighted by molar-refractivity contribution is 0.0624. The van der Waals surface area contributed by atoms with Crippen molar-refractivity contribution in [3.8, 4) is 5.75 Å². The lowest BCUT2D eigenvalue weighted by Gasteiger charge is -2.26. The highest BCUT2D eigenvalue weighted by Gasteiger charge is 2.26. The van der Waals surface area contributed by atoms with Gasteiger partial charge in [-0.1, -0.05) is 53.5 Å². The van der Waals surface area contributed by atoms with Crippen LogP contribution in [0.4, 0.5) is 0 Å². The highest BCUT2D eigenvalue weighted by molar-refractivity contribution is 6.35. The second-order valence-electron chi connectivity index (χ2n) is 4.59. The third-order valence-electron chi connectivity index (χ3n) is 3.25. The van der Waals surface area contributed by atoms with Crippen LogP contribution < -0.4 is 4.74 Å². The molecule has 0 bridgehead atoms. The standard InChI is InChI=1S/C16H12Cl2O2/c17-11-6-8-14(13(18)9-11)20-15-7-5-10-3-1-2-4-12(10)16(15)19/h1-9,15-16,19H/t15-,16+/m1/s1. The molecule has 3 rings (SSSR count). The van der Waals surface area contributed by atoms with Gasteiger partial charge in [0.25, 0.3) is 0 Å². The van der Waals surface area contributed by atoms with Crippen molar-refractivity contribution < 1.29 is 9.84 Å². The number of halogens is 2. The van der Waals surface area contributed by atoms with Crippen LogP contribution in [0.1, 0.15) is 17.2 Å². The molecule has 0 spiro atoms. The van der Waals surface area contributed by atoms with Crippen molar-refractivity contribution in [3.05, 3.63) is 69.7 Å². The predicted molar refractivity (Wildman–Crippen MR) is 81.3 cm³/mol. The van der Waals surface area contributed by atoms with Gasteiger partial charge in [0.2, 0.25) is 0 Å². The van der Waals surface area contributed by atoms with Gasteiger partial charge in [-0.2, -0.15) is 0 Å². The van der Waals surface area contributed by atoms with Crippen molar-refractivity contribution in [1.82, 2.24) is 0 Å². The van der Waals surface area contributed by atoms with E-state index in [1.54, 1.807) is 18.2 Å². The van der Waals surface area contributed by atoms with E-state index in [2.05, 4.69) is 0 Å². The van der Waals surface area contributed by atoms with Gasteiger partial charge in [-0.15, -0.1) is 0 Å². The SMILES string of the molecule is O[C@H]1c2ccccc2C=C[C@H]1Oc1ccc(Cl)cc1Cl. The highest BCUT2D eigenvalue weighted by Crippen LogP contribution is 2.34. The molecular formula is C16H12Cl2O2. The first kappa shape index (κ1) is 13.5. The maximum atomic E-state index is 10.4. The van der Waals surface area contributed by atoms with Crippen molar-refractivity contribution >= 4 is 29.3 Å². The molecular weight excluding hydrogens is 295 g/mol. The summed E-state index contributed by atoms with van der Waals surface area (Å²) in [6, 6.07) is 12.7. The summed E-state index contributed by atoms with van der Waals surface area (Å²) in [5.41, 5.74) is 1.85. The first-order chi connectivity index (χ1) is 9.65. The minimum Gasteiger partial charge on any atom is -0.482 e. The Balaban J connectivity index is 1.86. The van der Waals surface area contributed by atoms with Gasteiger partial charge in [0.1, 0.15) is 18.0 Å². The number of aliphatic hydroxyl groups excluding tert-OH is 1. The minimum atomic E-state index is -0.719. The fraction of sp³-hybridized carbons (Fsp3) is 0.125. The molecule has 1 N–H and O–H groups in total. The average molecular weight is 307 g/mol. The van der Waals surface area contributed by atoms with Gasteiger partial charge in [-0.05, 0) is 35.4 Å². The molecule has 2 nitrogen and oxygen atoms in total. The van der Waals surface area contributed by atoms with Gasteiger partial charge in [0.05, 0.1) is 5.02 Å². The van der Waals surface area contributed by atoms with Gasteiger partial charge in [-0.3, -0.25) is 0 Å². The predicted octanol–water partition coefficient (Wildman–Crippen LogP) is 4.50. The zero-order valence-electron chi connectivity index (χ0n) is 10.5. The molecule has 102 valence electrons. The van der Waals surface area contributed by atoms with Crippen molar-refractivity contribution in [3.63, 3.8) is 0 Å². The Hall–Kier alpha value is -1.48. The molecule has 0 unspecified atom stereocenters. The molecule has 4 heteroatoms. The Labute approximate surface area is 127 Å². The van der Waals surface area contributed by atoms with E-state index in [9.17, 15) is 5.11 Å². The van der Waals surface area contributed by atoms with Crippen LogP contribution in [0.15, 0.2) is 48.5 Å². The van der Waals surface area contributed by atoms with Crippen LogP contribution in [0.25, 0.3) is 6.08 Å². The van der Waals surface area contributed by atoms with Gasteiger partial charge < -0.3 is 9.84 Å². The zero-order chi connectivity index (χ0) is 14.1. The number of rotatable bonds is 2. The average Bonchev–Trinajstić information content (AvgIpc) is 2.45. The highest BCUT2D eigenvalue weighted by atomic mass is 35.5. The monoisotopic (exact) mass is 306 g/mol. The molecule has 1 aliphatic rings. The zero-order valence-corrected chi connectivity index (χ0v) is 12.0. The molecule has 0 fully saturated rings. The van der Waals surface area contributed by atoms with Crippen LogP contribution in [0.3, 0.4) is 0 Å². The first-order valence-corrected chi connectivity index (χ1v) is 6.97. The van der Waals surface area contributed by atoms with Crippen LogP contribution in [0.2, 0.25) is 10.0 Å². The molecule has 0 heterocycles. The van der Waals surface area contributed by atoms with E-state index < -0.39 is 12.2 Å². The Kier molecular flexibility index (Phi) is 3.70. The van der Waals surface area contributed by atoms with E-state index in [1.807, 2.05) is 36.4 Å². The summed E-state index contributed by atoms with van der Waals surface area (Å²) in [4.78, 5) is 0. The summed E-state index contributed by atoms with van der Waals surface area (Å²) < 4.78 is 5.78. The Morgan fingerprint density at radius 2 is 1.85 bits per heavy atom. The summed E-state index contributed by atoms with van der Waals surface area (Å²) in [7, 11) is 0. The van der Waals surface area contributed by atoms with Crippen LogP contribution in [-0.4, -0.2) is 11.2 Å². The fourth-order valence-electron chi connectivity index (χ4n) is 2.23. The maximum absolute atomic E-state index is 10.4. The van der Waals surface area contributed by atoms with Crippen LogP contribution in [-0.2, 0) is 0 Å². The molecule has 0 saturated carbocycles. The summed E-state index contributed by atoms with van der Waals surface area (Å²) in [5, 5.41) is 11.4. The summed E-state index contributed by atoms with van der Waals surface area (Å²) in [6.45, 7) is 0. The van der Waals surface area contributed by atoms with Gasteiger partial charge in [-0.25, -0.2) is 0 Å². The number of aliphatic hydroxyl groups is 1. The van der Waals surface area contributed by atoms with Crippen LogP contribution in [0.5, 0.6) is 5.75 Å². The van der Waals surface area contributed by atoms with E-state index in [0.717, 1.165) is 11.1 Å². The lowest BCUT2D eigenvalue weighted by Crippen LogP contribution is -2.26. The van der Waals surface area contributed by atoms with Crippen LogP contribution >= 0.6 is 23.2 Å². The molecule has 2 aromatic rings. The van der Waals surface area contributed by atoms with E-state index in [4.69, 9.17) is 27.9 Å². The van der Waals surface area contributed by atoms with Gasteiger partial charge >= 0.3 is 0 Å². The Morgan fingerprint density at radius 3 is 2.65 bits per heavy atom. The fourth-order valence-corrected chi connectivity index (χ4v) is 2.69. The van der Waals surface area contributed by atoms with E-state index >= 15 is 0 Å². The number of hydrogen-bond acceptors (Lipinski definition) is 2. The molecule has 0 aliphatic heterocycles. The van der Waals surface area contributed by atoms with Gasteiger partial charge in [0.15, 0.2) is 0 Å². The molecule has 2 atom stereocenters. The molecule has 0 aromatic heterocycles. The topological polar surface area (TPSA) is 29.5 Å². The number of ether oxygens (including phenoxy) is 1. The molecule has 2 aromatic carbocycles. The van der Waals surface area contributed by atoms with E-state index in [1.165, 1.54) is 0 Å². The van der Waals surface area contributed by atoms with Crippen molar-refractivity contribution in [2.24, 2.45) is 0 Å². The normalized spacial score (nSPS) is 20.6. The number of benzene rings is 2. The van der Waals surface area contributed by atoms with Crippen molar-refractivity contribution in [1.29, 1.82) is 0 Å². The summed E-state index contributed by atoms with van der Waals surface area (Å²) in [6.07, 6.45) is 2.58. The third kappa shape index (κ3) is 2.55. The number of hydrogen-bond donors (Lipinski definition) is 1. The molecule has 1 aliphatic carbocycles. The smallest absolute Gasteiger partial charge is 0.147 e. The largest absolute Gasteiger partial charge is 0.482 e.